The van der Waals surface area contributed by atoms with E-state index in [2.05, 4.69) is 24.4 Å². The molecule has 0 aromatic rings. The van der Waals surface area contributed by atoms with Crippen LogP contribution in [0.1, 0.15) is 47.5 Å². The van der Waals surface area contributed by atoms with Gasteiger partial charge in [0.05, 0.1) is 0 Å². The second kappa shape index (κ2) is 7.30. The molecule has 0 heterocycles. The van der Waals surface area contributed by atoms with Crippen molar-refractivity contribution in [2.45, 2.75) is 53.1 Å². The van der Waals surface area contributed by atoms with Crippen LogP contribution in [0.2, 0.25) is 0 Å². The Morgan fingerprint density at radius 1 is 1.38 bits per heavy atom. The topological polar surface area (TPSA) is 38.3 Å². The summed E-state index contributed by atoms with van der Waals surface area (Å²) in [5.74, 6) is -0.216. The van der Waals surface area contributed by atoms with Crippen molar-refractivity contribution in [3.63, 3.8) is 0 Å². The van der Waals surface area contributed by atoms with Crippen molar-refractivity contribution in [2.24, 2.45) is 0 Å². The SMILES string of the molecule is CC=C/C(C)=C(\NC)C1=CCCC(C(=O)OC(C)(C)C)=C1. The van der Waals surface area contributed by atoms with Gasteiger partial charge in [0.2, 0.25) is 0 Å². The van der Waals surface area contributed by atoms with Crippen LogP contribution in [0, 0.1) is 0 Å². The van der Waals surface area contributed by atoms with E-state index in [1.165, 1.54) is 0 Å². The van der Waals surface area contributed by atoms with E-state index in [-0.39, 0.29) is 5.97 Å². The Bertz CT molecular complexity index is 514. The number of esters is 1. The van der Waals surface area contributed by atoms with Crippen LogP contribution in [0.25, 0.3) is 0 Å². The van der Waals surface area contributed by atoms with Gasteiger partial charge in [0, 0.05) is 18.3 Å². The summed E-state index contributed by atoms with van der Waals surface area (Å²) < 4.78 is 5.46. The number of nitrogens with one attached hydrogen (secondary N) is 1. The first-order chi connectivity index (χ1) is 9.78. The van der Waals surface area contributed by atoms with E-state index in [1.807, 2.05) is 46.9 Å². The molecule has 0 aromatic carbocycles. The number of ether oxygens (including phenoxy) is 1. The van der Waals surface area contributed by atoms with E-state index in [9.17, 15) is 4.79 Å². The van der Waals surface area contributed by atoms with E-state index in [0.717, 1.165) is 35.3 Å². The lowest BCUT2D eigenvalue weighted by Gasteiger charge is -2.22. The predicted molar refractivity (Wildman–Crippen MR) is 87.8 cm³/mol. The predicted octanol–water partition coefficient (Wildman–Crippen LogP) is 4.04. The minimum absolute atomic E-state index is 0.216. The monoisotopic (exact) mass is 289 g/mol. The van der Waals surface area contributed by atoms with Crippen molar-refractivity contribution in [3.8, 4) is 0 Å². The average molecular weight is 289 g/mol. The minimum atomic E-state index is -0.457. The van der Waals surface area contributed by atoms with Crippen molar-refractivity contribution >= 4 is 5.97 Å². The molecule has 0 aliphatic heterocycles. The molecule has 1 aliphatic rings. The van der Waals surface area contributed by atoms with Crippen LogP contribution in [0.15, 0.2) is 46.7 Å². The summed E-state index contributed by atoms with van der Waals surface area (Å²) in [6.45, 7) is 9.72. The lowest BCUT2D eigenvalue weighted by atomic mass is 9.95. The zero-order valence-corrected chi connectivity index (χ0v) is 14.0. The Balaban J connectivity index is 3.04. The van der Waals surface area contributed by atoms with Gasteiger partial charge in [-0.1, -0.05) is 18.2 Å². The molecule has 0 saturated carbocycles. The smallest absolute Gasteiger partial charge is 0.334 e. The quantitative estimate of drug-likeness (QED) is 0.627. The maximum atomic E-state index is 12.2. The number of hydrogen-bond acceptors (Lipinski definition) is 3. The first-order valence-corrected chi connectivity index (χ1v) is 7.44. The van der Waals surface area contributed by atoms with Crippen LogP contribution in [-0.2, 0) is 9.53 Å². The summed E-state index contributed by atoms with van der Waals surface area (Å²) in [5.41, 5.74) is 3.53. The van der Waals surface area contributed by atoms with Crippen LogP contribution >= 0.6 is 0 Å². The van der Waals surface area contributed by atoms with E-state index >= 15 is 0 Å². The number of allylic oxidation sites excluding steroid dienone is 5. The number of hydrogen-bond donors (Lipinski definition) is 1. The van der Waals surface area contributed by atoms with Crippen molar-refractivity contribution in [3.05, 3.63) is 46.7 Å². The molecular weight excluding hydrogens is 262 g/mol. The van der Waals surface area contributed by atoms with Gasteiger partial charge in [0.1, 0.15) is 5.60 Å². The lowest BCUT2D eigenvalue weighted by Crippen LogP contribution is -2.25. The van der Waals surface area contributed by atoms with Gasteiger partial charge in [0.15, 0.2) is 0 Å². The van der Waals surface area contributed by atoms with Gasteiger partial charge >= 0.3 is 5.97 Å². The molecule has 3 heteroatoms. The second-order valence-electron chi connectivity index (χ2n) is 6.18. The van der Waals surface area contributed by atoms with Gasteiger partial charge in [-0.2, -0.15) is 0 Å². The Hall–Kier alpha value is -1.77. The minimum Gasteiger partial charge on any atom is -0.457 e. The standard InChI is InChI=1S/C18H27NO2/c1-7-9-13(2)16(19-6)14-10-8-11-15(12-14)17(20)21-18(3,4)5/h7,9-10,12,19H,8,11H2,1-6H3/b9-7?,16-13-. The Morgan fingerprint density at radius 3 is 2.57 bits per heavy atom. The number of carbonyl (C=O) groups is 1. The Morgan fingerprint density at radius 2 is 2.05 bits per heavy atom. The highest BCUT2D eigenvalue weighted by Gasteiger charge is 2.21. The molecule has 1 N–H and O–H groups in total. The van der Waals surface area contributed by atoms with Gasteiger partial charge in [-0.25, -0.2) is 4.79 Å². The zero-order chi connectivity index (χ0) is 16.0. The summed E-state index contributed by atoms with van der Waals surface area (Å²) in [4.78, 5) is 12.2. The molecule has 1 rings (SSSR count). The molecule has 0 fully saturated rings. The van der Waals surface area contributed by atoms with Gasteiger partial charge in [-0.15, -0.1) is 0 Å². The molecule has 1 aliphatic carbocycles. The van der Waals surface area contributed by atoms with Gasteiger partial charge in [0.25, 0.3) is 0 Å². The average Bonchev–Trinajstić information content (AvgIpc) is 2.38. The molecule has 0 radical (unpaired) electrons. The number of likely N-dealkylation sites (N-methyl/N-ethyl adjacent to an activating group) is 1. The van der Waals surface area contributed by atoms with Crippen LogP contribution in [0.5, 0.6) is 0 Å². The van der Waals surface area contributed by atoms with E-state index < -0.39 is 5.60 Å². The lowest BCUT2D eigenvalue weighted by molar-refractivity contribution is -0.150. The normalized spacial score (nSPS) is 17.0. The first-order valence-electron chi connectivity index (χ1n) is 7.44. The fraction of sp³-hybridized carbons (Fsp3) is 0.500. The van der Waals surface area contributed by atoms with Crippen LogP contribution < -0.4 is 5.32 Å². The van der Waals surface area contributed by atoms with Crippen LogP contribution in [0.4, 0.5) is 0 Å². The number of rotatable bonds is 4. The van der Waals surface area contributed by atoms with E-state index in [0.29, 0.717) is 0 Å². The molecule has 21 heavy (non-hydrogen) atoms. The highest BCUT2D eigenvalue weighted by atomic mass is 16.6. The highest BCUT2D eigenvalue weighted by molar-refractivity contribution is 5.90. The summed E-state index contributed by atoms with van der Waals surface area (Å²) in [5, 5.41) is 3.23. The first kappa shape index (κ1) is 17.3. The summed E-state index contributed by atoms with van der Waals surface area (Å²) >= 11 is 0. The second-order valence-corrected chi connectivity index (χ2v) is 6.18. The van der Waals surface area contributed by atoms with Crippen LogP contribution in [-0.4, -0.2) is 18.6 Å². The Labute approximate surface area is 128 Å². The van der Waals surface area contributed by atoms with Crippen molar-refractivity contribution < 1.29 is 9.53 Å². The van der Waals surface area contributed by atoms with Crippen molar-refractivity contribution in [2.75, 3.05) is 7.05 Å². The molecule has 0 amide bonds. The van der Waals surface area contributed by atoms with Gasteiger partial charge in [-0.3, -0.25) is 0 Å². The molecular formula is C18H27NO2. The third-order valence-electron chi connectivity index (χ3n) is 3.12. The molecule has 0 atom stereocenters. The molecule has 0 bridgehead atoms. The third-order valence-corrected chi connectivity index (χ3v) is 3.12. The van der Waals surface area contributed by atoms with Gasteiger partial charge in [-0.05, 0) is 64.7 Å². The molecule has 0 saturated heterocycles. The fourth-order valence-electron chi connectivity index (χ4n) is 2.28. The molecule has 0 unspecified atom stereocenters. The maximum Gasteiger partial charge on any atom is 0.334 e. The van der Waals surface area contributed by atoms with Gasteiger partial charge < -0.3 is 10.1 Å². The zero-order valence-electron chi connectivity index (χ0n) is 14.0. The van der Waals surface area contributed by atoms with Crippen molar-refractivity contribution in [1.82, 2.24) is 5.32 Å². The molecule has 3 nitrogen and oxygen atoms in total. The largest absolute Gasteiger partial charge is 0.457 e. The van der Waals surface area contributed by atoms with E-state index in [4.69, 9.17) is 4.74 Å². The highest BCUT2D eigenvalue weighted by Crippen LogP contribution is 2.25. The maximum absolute atomic E-state index is 12.2. The third kappa shape index (κ3) is 5.25. The van der Waals surface area contributed by atoms with E-state index in [1.54, 1.807) is 0 Å². The van der Waals surface area contributed by atoms with Crippen molar-refractivity contribution in [1.29, 1.82) is 0 Å². The summed E-state index contributed by atoms with van der Waals surface area (Å²) in [6.07, 6.45) is 9.76. The molecule has 116 valence electrons. The molecule has 0 aromatic heterocycles. The Kier molecular flexibility index (Phi) is 6.01. The summed E-state index contributed by atoms with van der Waals surface area (Å²) in [7, 11) is 1.90. The van der Waals surface area contributed by atoms with Crippen LogP contribution in [0.3, 0.4) is 0 Å². The molecule has 0 spiro atoms. The fourth-order valence-corrected chi connectivity index (χ4v) is 2.28. The summed E-state index contributed by atoms with van der Waals surface area (Å²) in [6, 6.07) is 0. The number of carbonyl (C=O) groups excluding carboxylic acids is 1.